The summed E-state index contributed by atoms with van der Waals surface area (Å²) in [5.41, 5.74) is 0.657. The van der Waals surface area contributed by atoms with Crippen LogP contribution in [-0.4, -0.2) is 30.9 Å². The molecule has 1 N–H and O–H groups in total. The highest BCUT2D eigenvalue weighted by atomic mass is 16.5. The van der Waals surface area contributed by atoms with Crippen LogP contribution in [0, 0.1) is 17.8 Å². The van der Waals surface area contributed by atoms with Gasteiger partial charge in [-0.15, -0.1) is 0 Å². The SMILES string of the molecule is COC1=CC=C(C(CC(=O)O)C2CC2)C(C)C1(C)OC. The number of carbonyl (C=O) groups is 1. The molecule has 1 saturated carbocycles. The number of hydrogen-bond acceptors (Lipinski definition) is 3. The standard InChI is InChI=1S/C16H24O4/c1-10-12(13(9-15(17)18)11-5-6-11)7-8-14(19-3)16(10,2)20-4/h7-8,10-11,13H,5-6,9H2,1-4H3,(H,17,18). The van der Waals surface area contributed by atoms with E-state index in [0.717, 1.165) is 18.6 Å². The Morgan fingerprint density at radius 1 is 1.45 bits per heavy atom. The van der Waals surface area contributed by atoms with Crippen molar-refractivity contribution in [1.29, 1.82) is 0 Å². The lowest BCUT2D eigenvalue weighted by atomic mass is 9.72. The van der Waals surface area contributed by atoms with Gasteiger partial charge in [0.15, 0.2) is 0 Å². The highest BCUT2D eigenvalue weighted by Gasteiger charge is 2.45. The van der Waals surface area contributed by atoms with Gasteiger partial charge in [-0.05, 0) is 37.7 Å². The Kier molecular flexibility index (Phi) is 4.23. The molecule has 0 aromatic rings. The van der Waals surface area contributed by atoms with Crippen LogP contribution in [0.25, 0.3) is 0 Å². The van der Waals surface area contributed by atoms with Crippen molar-refractivity contribution in [3.8, 4) is 0 Å². The second kappa shape index (κ2) is 5.60. The van der Waals surface area contributed by atoms with E-state index in [2.05, 4.69) is 6.92 Å². The van der Waals surface area contributed by atoms with Crippen molar-refractivity contribution in [2.45, 2.75) is 38.7 Å². The van der Waals surface area contributed by atoms with Crippen LogP contribution in [0.1, 0.15) is 33.1 Å². The Bertz CT molecular complexity index is 447. The minimum atomic E-state index is -0.726. The first-order valence-electron chi connectivity index (χ1n) is 7.17. The highest BCUT2D eigenvalue weighted by Crippen LogP contribution is 2.49. The number of hydrogen-bond donors (Lipinski definition) is 1. The molecule has 4 heteroatoms. The van der Waals surface area contributed by atoms with Gasteiger partial charge in [0.1, 0.15) is 11.4 Å². The average molecular weight is 280 g/mol. The van der Waals surface area contributed by atoms with E-state index in [1.165, 1.54) is 5.57 Å². The summed E-state index contributed by atoms with van der Waals surface area (Å²) in [4.78, 5) is 11.1. The quantitative estimate of drug-likeness (QED) is 0.812. The molecule has 1 fully saturated rings. The molecule has 20 heavy (non-hydrogen) atoms. The van der Waals surface area contributed by atoms with Crippen molar-refractivity contribution in [3.05, 3.63) is 23.5 Å². The van der Waals surface area contributed by atoms with E-state index in [1.807, 2.05) is 19.1 Å². The normalized spacial score (nSPS) is 31.3. The molecule has 2 aliphatic carbocycles. The molecule has 0 aromatic carbocycles. The van der Waals surface area contributed by atoms with Gasteiger partial charge in [0.2, 0.25) is 0 Å². The molecule has 0 aromatic heterocycles. The number of carboxylic acids is 1. The van der Waals surface area contributed by atoms with Gasteiger partial charge in [0.25, 0.3) is 0 Å². The van der Waals surface area contributed by atoms with E-state index in [4.69, 9.17) is 14.6 Å². The van der Waals surface area contributed by atoms with Crippen LogP contribution in [0.3, 0.4) is 0 Å². The Hall–Kier alpha value is -1.29. The molecular weight excluding hydrogens is 256 g/mol. The molecule has 0 bridgehead atoms. The van der Waals surface area contributed by atoms with E-state index in [-0.39, 0.29) is 18.3 Å². The maximum Gasteiger partial charge on any atom is 0.303 e. The fourth-order valence-corrected chi connectivity index (χ4v) is 3.25. The molecule has 0 spiro atoms. The zero-order valence-corrected chi connectivity index (χ0v) is 12.7. The summed E-state index contributed by atoms with van der Waals surface area (Å²) in [6.07, 6.45) is 6.43. The third-order valence-electron chi connectivity index (χ3n) is 4.90. The number of aliphatic carboxylic acids is 1. The molecule has 4 nitrogen and oxygen atoms in total. The summed E-state index contributed by atoms with van der Waals surface area (Å²) < 4.78 is 11.1. The molecule has 2 aliphatic rings. The lowest BCUT2D eigenvalue weighted by Gasteiger charge is -2.41. The first-order chi connectivity index (χ1) is 9.43. The van der Waals surface area contributed by atoms with E-state index >= 15 is 0 Å². The van der Waals surface area contributed by atoms with Crippen LogP contribution in [0.2, 0.25) is 0 Å². The molecule has 3 unspecified atom stereocenters. The van der Waals surface area contributed by atoms with Gasteiger partial charge in [-0.25, -0.2) is 0 Å². The number of ether oxygens (including phenoxy) is 2. The number of allylic oxidation sites excluding steroid dienone is 2. The van der Waals surface area contributed by atoms with Crippen LogP contribution < -0.4 is 0 Å². The van der Waals surface area contributed by atoms with Crippen molar-refractivity contribution >= 4 is 5.97 Å². The fourth-order valence-electron chi connectivity index (χ4n) is 3.25. The van der Waals surface area contributed by atoms with E-state index in [0.29, 0.717) is 5.92 Å². The van der Waals surface area contributed by atoms with Crippen LogP contribution in [0.4, 0.5) is 0 Å². The summed E-state index contributed by atoms with van der Waals surface area (Å²) in [5, 5.41) is 9.16. The summed E-state index contributed by atoms with van der Waals surface area (Å²) in [6.45, 7) is 4.10. The van der Waals surface area contributed by atoms with Gasteiger partial charge in [-0.3, -0.25) is 4.79 Å². The van der Waals surface area contributed by atoms with E-state index in [9.17, 15) is 4.79 Å². The topological polar surface area (TPSA) is 55.8 Å². The zero-order valence-electron chi connectivity index (χ0n) is 12.7. The summed E-state index contributed by atoms with van der Waals surface area (Å²) in [5.74, 6) is 0.805. The van der Waals surface area contributed by atoms with Crippen molar-refractivity contribution in [1.82, 2.24) is 0 Å². The van der Waals surface area contributed by atoms with Gasteiger partial charge in [-0.2, -0.15) is 0 Å². The highest BCUT2D eigenvalue weighted by molar-refractivity contribution is 5.68. The van der Waals surface area contributed by atoms with Crippen molar-refractivity contribution in [2.75, 3.05) is 14.2 Å². The maximum absolute atomic E-state index is 11.1. The summed E-state index contributed by atoms with van der Waals surface area (Å²) in [6, 6.07) is 0. The predicted octanol–water partition coefficient (Wildman–Crippen LogP) is 3.00. The molecule has 0 radical (unpaired) electrons. The minimum Gasteiger partial charge on any atom is -0.498 e. The molecule has 112 valence electrons. The third kappa shape index (κ3) is 2.62. The monoisotopic (exact) mass is 280 g/mol. The van der Waals surface area contributed by atoms with Crippen molar-refractivity contribution < 1.29 is 19.4 Å². The lowest BCUT2D eigenvalue weighted by molar-refractivity contribution is -0.138. The van der Waals surface area contributed by atoms with Gasteiger partial charge < -0.3 is 14.6 Å². The van der Waals surface area contributed by atoms with Gasteiger partial charge in [0, 0.05) is 13.0 Å². The maximum atomic E-state index is 11.1. The minimum absolute atomic E-state index is 0.109. The summed E-state index contributed by atoms with van der Waals surface area (Å²) in [7, 11) is 3.32. The second-order valence-corrected chi connectivity index (χ2v) is 5.98. The molecule has 2 rings (SSSR count). The van der Waals surface area contributed by atoms with Crippen LogP contribution in [-0.2, 0) is 14.3 Å². The average Bonchev–Trinajstić information content (AvgIpc) is 3.23. The van der Waals surface area contributed by atoms with Crippen LogP contribution in [0.15, 0.2) is 23.5 Å². The molecule has 0 amide bonds. The Morgan fingerprint density at radius 3 is 2.55 bits per heavy atom. The molecule has 0 heterocycles. The van der Waals surface area contributed by atoms with Gasteiger partial charge >= 0.3 is 5.97 Å². The molecular formula is C16H24O4. The lowest BCUT2D eigenvalue weighted by Crippen LogP contribution is -2.42. The Labute approximate surface area is 120 Å². The second-order valence-electron chi connectivity index (χ2n) is 5.98. The summed E-state index contributed by atoms with van der Waals surface area (Å²) >= 11 is 0. The van der Waals surface area contributed by atoms with E-state index in [1.54, 1.807) is 14.2 Å². The number of rotatable bonds is 6. The van der Waals surface area contributed by atoms with Crippen molar-refractivity contribution in [3.63, 3.8) is 0 Å². The third-order valence-corrected chi connectivity index (χ3v) is 4.90. The fraction of sp³-hybridized carbons (Fsp3) is 0.688. The van der Waals surface area contributed by atoms with Crippen LogP contribution in [0.5, 0.6) is 0 Å². The Balaban J connectivity index is 2.32. The zero-order chi connectivity index (χ0) is 14.9. The number of methoxy groups -OCH3 is 2. The molecule has 0 saturated heterocycles. The Morgan fingerprint density at radius 2 is 2.10 bits per heavy atom. The van der Waals surface area contributed by atoms with Crippen molar-refractivity contribution in [2.24, 2.45) is 17.8 Å². The first-order valence-corrected chi connectivity index (χ1v) is 7.17. The first kappa shape index (κ1) is 15.1. The smallest absolute Gasteiger partial charge is 0.303 e. The van der Waals surface area contributed by atoms with E-state index < -0.39 is 11.6 Å². The van der Waals surface area contributed by atoms with Gasteiger partial charge in [0.05, 0.1) is 13.5 Å². The number of carboxylic acid groups (broad SMARTS) is 1. The molecule has 0 aliphatic heterocycles. The largest absolute Gasteiger partial charge is 0.498 e. The molecule has 3 atom stereocenters. The van der Waals surface area contributed by atoms with Gasteiger partial charge in [-0.1, -0.05) is 18.6 Å². The predicted molar refractivity (Wildman–Crippen MR) is 76.2 cm³/mol. The van der Waals surface area contributed by atoms with Crippen LogP contribution >= 0.6 is 0 Å².